The number of para-hydroxylation sites is 1. The van der Waals surface area contributed by atoms with E-state index in [1.165, 1.54) is 46.4 Å². The first-order chi connectivity index (χ1) is 23.6. The number of carbonyl (C=O) groups excluding carboxylic acids is 2. The molecule has 0 aliphatic carbocycles. The number of sulfonamides is 1. The molecule has 49 heavy (non-hydrogen) atoms. The van der Waals surface area contributed by atoms with Gasteiger partial charge in [0.05, 0.1) is 16.4 Å². The van der Waals surface area contributed by atoms with Gasteiger partial charge in [0.25, 0.3) is 17.5 Å². The molecule has 0 saturated carbocycles. The number of benzene rings is 4. The maximum Gasteiger partial charge on any atom is 0.274 e. The summed E-state index contributed by atoms with van der Waals surface area (Å²) in [4.78, 5) is 39.1. The van der Waals surface area contributed by atoms with Crippen molar-refractivity contribution in [2.45, 2.75) is 69.5 Å². The third-order valence-electron chi connectivity index (χ3n) is 8.31. The van der Waals surface area contributed by atoms with Crippen molar-refractivity contribution in [2.24, 2.45) is 0 Å². The Morgan fingerprint density at radius 3 is 2.18 bits per heavy atom. The average Bonchev–Trinajstić information content (AvgIpc) is 3.85. The van der Waals surface area contributed by atoms with E-state index in [-0.39, 0.29) is 22.6 Å². The summed E-state index contributed by atoms with van der Waals surface area (Å²) in [5, 5.41) is 13.7. The Morgan fingerprint density at radius 1 is 0.857 bits per heavy atom. The number of hydrogen-bond donors (Lipinski definition) is 1. The number of hydrogen-bond acceptors (Lipinski definition) is 7. The fraction of sp³-hybridized carbons (Fsp3) is 0.297. The van der Waals surface area contributed by atoms with Crippen LogP contribution >= 0.6 is 0 Å². The van der Waals surface area contributed by atoms with Crippen LogP contribution in [-0.4, -0.2) is 47.8 Å². The molecule has 4 aromatic rings. The van der Waals surface area contributed by atoms with Gasteiger partial charge in [-0.05, 0) is 55.7 Å². The van der Waals surface area contributed by atoms with Crippen LogP contribution in [0.1, 0.15) is 72.2 Å². The van der Waals surface area contributed by atoms with Gasteiger partial charge in [-0.2, -0.15) is 4.72 Å². The van der Waals surface area contributed by atoms with E-state index in [2.05, 4.69) is 11.6 Å². The summed E-state index contributed by atoms with van der Waals surface area (Å²) in [6.45, 7) is 4.44. The van der Waals surface area contributed by atoms with E-state index in [9.17, 15) is 28.1 Å². The first-order valence-electron chi connectivity index (χ1n) is 16.4. The molecule has 0 spiro atoms. The minimum absolute atomic E-state index is 0.00260. The Bertz CT molecular complexity index is 1870. The quantitative estimate of drug-likeness (QED) is 0.0597. The summed E-state index contributed by atoms with van der Waals surface area (Å²) in [5.41, 5.74) is 2.09. The molecule has 1 fully saturated rings. The molecule has 2 amide bonds. The van der Waals surface area contributed by atoms with Crippen LogP contribution in [0.5, 0.6) is 5.75 Å². The molecule has 5 rings (SSSR count). The fourth-order valence-corrected chi connectivity index (χ4v) is 6.79. The smallest absolute Gasteiger partial charge is 0.274 e. The van der Waals surface area contributed by atoms with E-state index in [0.29, 0.717) is 23.5 Å². The molecule has 0 aromatic heterocycles. The van der Waals surface area contributed by atoms with E-state index in [1.54, 1.807) is 60.7 Å². The lowest BCUT2D eigenvalue weighted by Gasteiger charge is -2.19. The van der Waals surface area contributed by atoms with Crippen LogP contribution in [0.2, 0.25) is 0 Å². The van der Waals surface area contributed by atoms with Crippen molar-refractivity contribution in [3.63, 3.8) is 0 Å². The number of hydrazine groups is 1. The van der Waals surface area contributed by atoms with Crippen molar-refractivity contribution < 1.29 is 27.7 Å². The standard InChI is InChI=1S/C37H40N4O7S/c1-3-4-5-6-12-25-48-34-16-11-10-15-32(34)35-39(36(42)29-19-21-30(22-20-29)41(44)45)40(35)37(43)33(26-28-13-8-7-9-14-28)38-49(46,47)31-23-17-27(2)18-24-31/h7-11,13-24,33,35,38H,3-6,12,25-26H2,1-2H3/t33-,35+,39?,40?/m0/s1. The van der Waals surface area contributed by atoms with Crippen molar-refractivity contribution in [1.29, 1.82) is 0 Å². The van der Waals surface area contributed by atoms with Gasteiger partial charge in [0.2, 0.25) is 10.0 Å². The molecule has 1 aliphatic rings. The van der Waals surface area contributed by atoms with Crippen LogP contribution in [0.15, 0.2) is 108 Å². The summed E-state index contributed by atoms with van der Waals surface area (Å²) in [5.74, 6) is -0.726. The molecule has 1 aliphatic heterocycles. The van der Waals surface area contributed by atoms with Crippen LogP contribution < -0.4 is 9.46 Å². The van der Waals surface area contributed by atoms with Gasteiger partial charge in [-0.3, -0.25) is 19.7 Å². The first-order valence-corrected chi connectivity index (χ1v) is 17.8. The molecule has 4 aromatic carbocycles. The number of aryl methyl sites for hydroxylation is 1. The lowest BCUT2D eigenvalue weighted by molar-refractivity contribution is -0.384. The van der Waals surface area contributed by atoms with Crippen molar-refractivity contribution in [1.82, 2.24) is 14.7 Å². The van der Waals surface area contributed by atoms with Crippen molar-refractivity contribution in [3.05, 3.63) is 135 Å². The summed E-state index contributed by atoms with van der Waals surface area (Å²) in [6, 6.07) is 26.3. The highest BCUT2D eigenvalue weighted by molar-refractivity contribution is 7.89. The molecular formula is C37H40N4O7S. The van der Waals surface area contributed by atoms with Crippen LogP contribution in [0.25, 0.3) is 0 Å². The second-order valence-corrected chi connectivity index (χ2v) is 13.7. The summed E-state index contributed by atoms with van der Waals surface area (Å²) in [6.07, 6.45) is 4.33. The molecule has 0 bridgehead atoms. The topological polar surface area (TPSA) is 139 Å². The molecule has 1 N–H and O–H groups in total. The fourth-order valence-electron chi connectivity index (χ4n) is 5.60. The van der Waals surface area contributed by atoms with E-state index in [0.717, 1.165) is 37.7 Å². The molecule has 1 saturated heterocycles. The number of nitrogens with zero attached hydrogens (tertiary/aromatic N) is 3. The van der Waals surface area contributed by atoms with Gasteiger partial charge >= 0.3 is 0 Å². The second-order valence-electron chi connectivity index (χ2n) is 12.0. The highest BCUT2D eigenvalue weighted by Crippen LogP contribution is 2.47. The third-order valence-corrected chi connectivity index (χ3v) is 9.80. The zero-order chi connectivity index (χ0) is 35.0. The predicted molar refractivity (Wildman–Crippen MR) is 185 cm³/mol. The molecular weight excluding hydrogens is 644 g/mol. The maximum absolute atomic E-state index is 14.5. The van der Waals surface area contributed by atoms with Gasteiger partial charge in [-0.1, -0.05) is 98.8 Å². The molecule has 0 unspecified atom stereocenters. The van der Waals surface area contributed by atoms with Crippen LogP contribution in [0, 0.1) is 17.0 Å². The highest BCUT2D eigenvalue weighted by atomic mass is 32.2. The van der Waals surface area contributed by atoms with Crippen LogP contribution in [-0.2, 0) is 21.2 Å². The Kier molecular flexibility index (Phi) is 11.4. The number of rotatable bonds is 16. The van der Waals surface area contributed by atoms with Crippen LogP contribution in [0.4, 0.5) is 5.69 Å². The van der Waals surface area contributed by atoms with E-state index >= 15 is 0 Å². The minimum atomic E-state index is -4.15. The number of non-ortho nitro benzene ring substituents is 1. The van der Waals surface area contributed by atoms with Crippen LogP contribution in [0.3, 0.4) is 0 Å². The Hall–Kier alpha value is -5.07. The largest absolute Gasteiger partial charge is 0.493 e. The van der Waals surface area contributed by atoms with Gasteiger partial charge in [-0.15, -0.1) is 0 Å². The zero-order valence-corrected chi connectivity index (χ0v) is 28.3. The SMILES string of the molecule is CCCCCCCOc1ccccc1[C@@H]1N(C(=O)c2ccc([N+](=O)[O-])cc2)N1C(=O)[C@H](Cc1ccccc1)NS(=O)(=O)c1ccc(C)cc1. The molecule has 0 radical (unpaired) electrons. The molecule has 11 nitrogen and oxygen atoms in total. The predicted octanol–water partition coefficient (Wildman–Crippen LogP) is 6.74. The van der Waals surface area contributed by atoms with Crippen molar-refractivity contribution in [2.75, 3.05) is 6.61 Å². The number of unbranched alkanes of at least 4 members (excludes halogenated alkanes) is 4. The summed E-state index contributed by atoms with van der Waals surface area (Å²) < 4.78 is 36.0. The first kappa shape index (κ1) is 35.2. The lowest BCUT2D eigenvalue weighted by atomic mass is 10.1. The Morgan fingerprint density at radius 2 is 1.51 bits per heavy atom. The van der Waals surface area contributed by atoms with Gasteiger partial charge in [0, 0.05) is 23.3 Å². The van der Waals surface area contributed by atoms with Gasteiger partial charge in [0.15, 0.2) is 6.17 Å². The van der Waals surface area contributed by atoms with Gasteiger partial charge in [0.1, 0.15) is 11.8 Å². The lowest BCUT2D eigenvalue weighted by Crippen LogP contribution is -2.46. The monoisotopic (exact) mass is 684 g/mol. The number of amides is 2. The maximum atomic E-state index is 14.5. The number of carbonyl (C=O) groups is 2. The molecule has 2 atom stereocenters. The molecule has 1 heterocycles. The number of nitrogens with one attached hydrogen (secondary N) is 1. The molecule has 256 valence electrons. The number of ether oxygens (including phenoxy) is 1. The highest BCUT2D eigenvalue weighted by Gasteiger charge is 2.56. The van der Waals surface area contributed by atoms with Crippen molar-refractivity contribution in [3.8, 4) is 5.75 Å². The van der Waals surface area contributed by atoms with Crippen molar-refractivity contribution >= 4 is 27.5 Å². The van der Waals surface area contributed by atoms with Gasteiger partial charge < -0.3 is 4.74 Å². The number of nitro benzene ring substituents is 1. The normalized spacial score (nSPS) is 14.7. The van der Waals surface area contributed by atoms with E-state index in [4.69, 9.17) is 4.74 Å². The average molecular weight is 685 g/mol. The number of nitro groups is 1. The third kappa shape index (κ3) is 8.70. The van der Waals surface area contributed by atoms with E-state index in [1.807, 2.05) is 13.0 Å². The summed E-state index contributed by atoms with van der Waals surface area (Å²) in [7, 11) is -4.15. The van der Waals surface area contributed by atoms with E-state index < -0.39 is 39.0 Å². The Balaban J connectivity index is 1.48. The van der Waals surface area contributed by atoms with Gasteiger partial charge in [-0.25, -0.2) is 18.4 Å². The minimum Gasteiger partial charge on any atom is -0.493 e. The molecule has 12 heteroatoms. The Labute approximate surface area is 286 Å². The summed E-state index contributed by atoms with van der Waals surface area (Å²) >= 11 is 0. The zero-order valence-electron chi connectivity index (χ0n) is 27.5. The second kappa shape index (κ2) is 15.9.